The Morgan fingerprint density at radius 3 is 2.46 bits per heavy atom. The predicted molar refractivity (Wildman–Crippen MR) is 95.5 cm³/mol. The van der Waals surface area contributed by atoms with Crippen LogP contribution in [0.1, 0.15) is 18.0 Å². The molecule has 1 aromatic heterocycles. The Hall–Kier alpha value is -2.11. The molecule has 5 heteroatoms. The van der Waals surface area contributed by atoms with Crippen LogP contribution in [0.4, 0.5) is 0 Å². The second-order valence-corrected chi connectivity index (χ2v) is 8.29. The van der Waals surface area contributed by atoms with Gasteiger partial charge in [0.2, 0.25) is 10.0 Å². The summed E-state index contributed by atoms with van der Waals surface area (Å²) in [5.74, 6) is 0.237. The van der Waals surface area contributed by atoms with Gasteiger partial charge in [0.15, 0.2) is 0 Å². The number of sulfonamides is 1. The summed E-state index contributed by atoms with van der Waals surface area (Å²) < 4.78 is 29.4. The summed E-state index contributed by atoms with van der Waals surface area (Å²) in [6, 6.07) is 19.2. The van der Waals surface area contributed by atoms with Gasteiger partial charge < -0.3 is 4.57 Å². The molecule has 2 heterocycles. The van der Waals surface area contributed by atoms with Gasteiger partial charge in [-0.2, -0.15) is 4.31 Å². The van der Waals surface area contributed by atoms with Crippen LogP contribution < -0.4 is 0 Å². The lowest BCUT2D eigenvalue weighted by atomic mass is 10.1. The number of aromatic nitrogens is 1. The van der Waals surface area contributed by atoms with E-state index in [4.69, 9.17) is 0 Å². The lowest BCUT2D eigenvalue weighted by molar-refractivity contribution is 0.471. The second-order valence-electron chi connectivity index (χ2n) is 6.35. The first kappa shape index (κ1) is 15.4. The highest BCUT2D eigenvalue weighted by Gasteiger charge is 2.34. The molecule has 0 bridgehead atoms. The SMILES string of the molecule is Cn1c(C2CCN(S(=O)(=O)c3ccccc3)C2)cc2ccccc21. The van der Waals surface area contributed by atoms with Gasteiger partial charge in [-0.15, -0.1) is 0 Å². The number of aryl methyl sites for hydroxylation is 1. The molecule has 0 radical (unpaired) electrons. The summed E-state index contributed by atoms with van der Waals surface area (Å²) in [5, 5.41) is 1.21. The number of para-hydroxylation sites is 1. The highest BCUT2D eigenvalue weighted by Crippen LogP contribution is 2.33. The van der Waals surface area contributed by atoms with Crippen LogP contribution in [0.3, 0.4) is 0 Å². The van der Waals surface area contributed by atoms with Crippen LogP contribution in [0.25, 0.3) is 10.9 Å². The van der Waals surface area contributed by atoms with Crippen LogP contribution in [-0.4, -0.2) is 30.4 Å². The smallest absolute Gasteiger partial charge is 0.243 e. The number of hydrogen-bond donors (Lipinski definition) is 0. The normalized spacial score (nSPS) is 19.1. The molecule has 0 amide bonds. The summed E-state index contributed by atoms with van der Waals surface area (Å²) >= 11 is 0. The Bertz CT molecular complexity index is 977. The number of fused-ring (bicyclic) bond motifs is 1. The Balaban J connectivity index is 1.63. The van der Waals surface area contributed by atoms with Gasteiger partial charge in [0, 0.05) is 37.3 Å². The van der Waals surface area contributed by atoms with E-state index in [1.807, 2.05) is 18.2 Å². The van der Waals surface area contributed by atoms with Crippen molar-refractivity contribution < 1.29 is 8.42 Å². The van der Waals surface area contributed by atoms with Gasteiger partial charge in [-0.3, -0.25) is 0 Å². The van der Waals surface area contributed by atoms with Crippen LogP contribution in [0, 0.1) is 0 Å². The number of benzene rings is 2. The molecule has 4 nitrogen and oxygen atoms in total. The van der Waals surface area contributed by atoms with E-state index in [2.05, 4.69) is 29.8 Å². The van der Waals surface area contributed by atoms with Crippen LogP contribution in [-0.2, 0) is 17.1 Å². The molecule has 2 aromatic carbocycles. The van der Waals surface area contributed by atoms with Gasteiger partial charge in [0.25, 0.3) is 0 Å². The van der Waals surface area contributed by atoms with Crippen LogP contribution in [0.2, 0.25) is 0 Å². The minimum Gasteiger partial charge on any atom is -0.347 e. The average molecular weight is 340 g/mol. The molecule has 0 N–H and O–H groups in total. The maximum absolute atomic E-state index is 12.8. The van der Waals surface area contributed by atoms with Crippen molar-refractivity contribution in [1.29, 1.82) is 0 Å². The Kier molecular flexibility index (Phi) is 3.70. The fraction of sp³-hybridized carbons (Fsp3) is 0.263. The molecule has 124 valence electrons. The van der Waals surface area contributed by atoms with Crippen molar-refractivity contribution in [2.75, 3.05) is 13.1 Å². The standard InChI is InChI=1S/C19H20N2O2S/c1-20-18-10-6-5-7-15(18)13-19(20)16-11-12-21(14-16)24(22,23)17-8-3-2-4-9-17/h2-10,13,16H,11-12,14H2,1H3. The monoisotopic (exact) mass is 340 g/mol. The van der Waals surface area contributed by atoms with Gasteiger partial charge in [0.1, 0.15) is 0 Å². The lowest BCUT2D eigenvalue weighted by Crippen LogP contribution is -2.28. The topological polar surface area (TPSA) is 42.3 Å². The van der Waals surface area contributed by atoms with E-state index in [0.29, 0.717) is 18.0 Å². The van der Waals surface area contributed by atoms with Crippen molar-refractivity contribution in [3.8, 4) is 0 Å². The molecule has 0 saturated carbocycles. The predicted octanol–water partition coefficient (Wildman–Crippen LogP) is 3.36. The molecule has 1 aliphatic heterocycles. The highest BCUT2D eigenvalue weighted by molar-refractivity contribution is 7.89. The fourth-order valence-electron chi connectivity index (χ4n) is 3.63. The molecule has 0 aliphatic carbocycles. The van der Waals surface area contributed by atoms with Crippen LogP contribution >= 0.6 is 0 Å². The zero-order chi connectivity index (χ0) is 16.7. The first-order valence-electron chi connectivity index (χ1n) is 8.17. The zero-order valence-electron chi connectivity index (χ0n) is 13.6. The van der Waals surface area contributed by atoms with E-state index in [1.165, 1.54) is 16.6 Å². The molecule has 1 unspecified atom stereocenters. The minimum absolute atomic E-state index is 0.237. The molecule has 4 rings (SSSR count). The number of rotatable bonds is 3. The van der Waals surface area contributed by atoms with E-state index < -0.39 is 10.0 Å². The molecule has 1 aliphatic rings. The maximum Gasteiger partial charge on any atom is 0.243 e. The van der Waals surface area contributed by atoms with Gasteiger partial charge in [-0.25, -0.2) is 8.42 Å². The molecular formula is C19H20N2O2S. The largest absolute Gasteiger partial charge is 0.347 e. The van der Waals surface area contributed by atoms with Crippen molar-refractivity contribution in [1.82, 2.24) is 8.87 Å². The first-order valence-corrected chi connectivity index (χ1v) is 9.61. The van der Waals surface area contributed by atoms with Gasteiger partial charge >= 0.3 is 0 Å². The molecule has 1 fully saturated rings. The Morgan fingerprint density at radius 1 is 1.00 bits per heavy atom. The van der Waals surface area contributed by atoms with E-state index in [1.54, 1.807) is 28.6 Å². The molecule has 1 saturated heterocycles. The second kappa shape index (κ2) is 5.76. The Labute approximate surface area is 142 Å². The molecule has 1 atom stereocenters. The Morgan fingerprint density at radius 2 is 1.71 bits per heavy atom. The summed E-state index contributed by atoms with van der Waals surface area (Å²) in [6.07, 6.45) is 0.857. The van der Waals surface area contributed by atoms with Gasteiger partial charge in [-0.05, 0) is 36.1 Å². The third-order valence-electron chi connectivity index (χ3n) is 4.94. The summed E-state index contributed by atoms with van der Waals surface area (Å²) in [7, 11) is -1.34. The fourth-order valence-corrected chi connectivity index (χ4v) is 5.15. The lowest BCUT2D eigenvalue weighted by Gasteiger charge is -2.17. The van der Waals surface area contributed by atoms with Crippen molar-refractivity contribution in [2.45, 2.75) is 17.2 Å². The van der Waals surface area contributed by atoms with Gasteiger partial charge in [-0.1, -0.05) is 36.4 Å². The van der Waals surface area contributed by atoms with E-state index in [0.717, 1.165) is 6.42 Å². The quantitative estimate of drug-likeness (QED) is 0.734. The molecule has 3 aromatic rings. The van der Waals surface area contributed by atoms with Crippen LogP contribution in [0.5, 0.6) is 0 Å². The minimum atomic E-state index is -3.40. The number of hydrogen-bond acceptors (Lipinski definition) is 2. The third kappa shape index (κ3) is 2.44. The van der Waals surface area contributed by atoms with Crippen molar-refractivity contribution in [3.63, 3.8) is 0 Å². The average Bonchev–Trinajstić information content (AvgIpc) is 3.22. The third-order valence-corrected chi connectivity index (χ3v) is 6.82. The molecule has 24 heavy (non-hydrogen) atoms. The van der Waals surface area contributed by atoms with E-state index in [-0.39, 0.29) is 5.92 Å². The van der Waals surface area contributed by atoms with Crippen molar-refractivity contribution in [3.05, 3.63) is 66.4 Å². The zero-order valence-corrected chi connectivity index (χ0v) is 14.4. The van der Waals surface area contributed by atoms with Crippen molar-refractivity contribution >= 4 is 20.9 Å². The van der Waals surface area contributed by atoms with Crippen molar-refractivity contribution in [2.24, 2.45) is 7.05 Å². The van der Waals surface area contributed by atoms with E-state index >= 15 is 0 Å². The van der Waals surface area contributed by atoms with E-state index in [9.17, 15) is 8.42 Å². The summed E-state index contributed by atoms with van der Waals surface area (Å²) in [4.78, 5) is 0.377. The molecular weight excluding hydrogens is 320 g/mol. The van der Waals surface area contributed by atoms with Gasteiger partial charge in [0.05, 0.1) is 4.90 Å². The summed E-state index contributed by atoms with van der Waals surface area (Å²) in [6.45, 7) is 1.12. The summed E-state index contributed by atoms with van der Waals surface area (Å²) in [5.41, 5.74) is 2.40. The maximum atomic E-state index is 12.8. The molecule has 0 spiro atoms. The number of nitrogens with zero attached hydrogens (tertiary/aromatic N) is 2. The van der Waals surface area contributed by atoms with Crippen LogP contribution in [0.15, 0.2) is 65.6 Å². The highest BCUT2D eigenvalue weighted by atomic mass is 32.2. The first-order chi connectivity index (χ1) is 11.6.